The second-order valence-electron chi connectivity index (χ2n) is 12.2. The van der Waals surface area contributed by atoms with E-state index in [0.717, 1.165) is 38.1 Å². The molecule has 0 bridgehead atoms. The zero-order valence-corrected chi connectivity index (χ0v) is 27.4. The minimum absolute atomic E-state index is 0.112. The van der Waals surface area contributed by atoms with Gasteiger partial charge in [0, 0.05) is 42.1 Å². The van der Waals surface area contributed by atoms with Crippen molar-refractivity contribution in [3.05, 3.63) is 170 Å². The Morgan fingerprint density at radius 2 is 1.02 bits per heavy atom. The van der Waals surface area contributed by atoms with E-state index in [-0.39, 0.29) is 30.1 Å². The molecule has 50 heavy (non-hydrogen) atoms. The summed E-state index contributed by atoms with van der Waals surface area (Å²) in [6.07, 6.45) is 0. The van der Waals surface area contributed by atoms with Crippen LogP contribution < -0.4 is 0 Å². The second kappa shape index (κ2) is 11.6. The molecule has 7 aromatic carbocycles. The van der Waals surface area contributed by atoms with Crippen molar-refractivity contribution >= 4 is 53.3 Å². The Hall–Kier alpha value is -6.43. The maximum absolute atomic E-state index is 9.17. The van der Waals surface area contributed by atoms with E-state index in [2.05, 4.69) is 66.7 Å². The van der Waals surface area contributed by atoms with Gasteiger partial charge in [0.1, 0.15) is 0 Å². The number of fused-ring (bicyclic) bond motifs is 6. The molecule has 234 valence electrons. The third kappa shape index (κ3) is 4.79. The van der Waals surface area contributed by atoms with Gasteiger partial charge in [-0.05, 0) is 52.6 Å². The van der Waals surface area contributed by atoms with E-state index < -0.39 is 0 Å². The van der Waals surface area contributed by atoms with Crippen LogP contribution in [-0.4, -0.2) is 19.5 Å². The number of nitrogens with zero attached hydrogens (tertiary/aromatic N) is 4. The van der Waals surface area contributed by atoms with Gasteiger partial charge in [-0.15, -0.1) is 11.3 Å². The average molecular weight is 661 g/mol. The fourth-order valence-electron chi connectivity index (χ4n) is 6.77. The topological polar surface area (TPSA) is 43.6 Å². The third-order valence-corrected chi connectivity index (χ3v) is 10.3. The van der Waals surface area contributed by atoms with Crippen molar-refractivity contribution in [2.75, 3.05) is 0 Å². The summed E-state index contributed by atoms with van der Waals surface area (Å²) in [5.74, 6) is 1.18. The Morgan fingerprint density at radius 3 is 1.82 bits per heavy atom. The number of hydrogen-bond acceptors (Lipinski definition) is 4. The molecule has 3 aromatic heterocycles. The Bertz CT molecular complexity index is 3090. The highest BCUT2D eigenvalue weighted by atomic mass is 32.1. The van der Waals surface area contributed by atoms with Crippen molar-refractivity contribution in [2.24, 2.45) is 0 Å². The highest BCUT2D eigenvalue weighted by Gasteiger charge is 2.19. The normalized spacial score (nSPS) is 12.7. The molecule has 0 amide bonds. The molecule has 0 N–H and O–H groups in total. The first kappa shape index (κ1) is 24.7. The molecule has 10 aromatic rings. The van der Waals surface area contributed by atoms with Gasteiger partial charge in [0.25, 0.3) is 0 Å². The Kier molecular flexibility index (Phi) is 5.73. The molecule has 0 aliphatic carbocycles. The average Bonchev–Trinajstić information content (AvgIpc) is 3.78. The molecule has 4 nitrogen and oxygen atoms in total. The summed E-state index contributed by atoms with van der Waals surface area (Å²) in [5.41, 5.74) is 6.75. The maximum atomic E-state index is 9.17. The van der Waals surface area contributed by atoms with Crippen LogP contribution in [0, 0.1) is 0 Å². The van der Waals surface area contributed by atoms with Crippen LogP contribution in [-0.2, 0) is 0 Å². The number of para-hydroxylation sites is 1. The lowest BCUT2D eigenvalue weighted by molar-refractivity contribution is 0.954. The van der Waals surface area contributed by atoms with Gasteiger partial charge >= 0.3 is 0 Å². The van der Waals surface area contributed by atoms with Gasteiger partial charge in [-0.3, -0.25) is 4.57 Å². The van der Waals surface area contributed by atoms with Crippen LogP contribution in [0.3, 0.4) is 0 Å². The van der Waals surface area contributed by atoms with E-state index in [1.165, 1.54) is 15.5 Å². The third-order valence-electron chi connectivity index (χ3n) is 9.22. The van der Waals surface area contributed by atoms with Crippen LogP contribution in [0.1, 0.15) is 5.48 Å². The van der Waals surface area contributed by atoms with Gasteiger partial charge < -0.3 is 0 Å². The lowest BCUT2D eigenvalue weighted by Crippen LogP contribution is -2.06. The fourth-order valence-corrected chi connectivity index (χ4v) is 7.91. The highest BCUT2D eigenvalue weighted by molar-refractivity contribution is 7.25. The molecule has 0 aliphatic heterocycles. The van der Waals surface area contributed by atoms with Crippen LogP contribution in [0.4, 0.5) is 0 Å². The van der Waals surface area contributed by atoms with E-state index in [9.17, 15) is 0 Å². The lowest BCUT2D eigenvalue weighted by Gasteiger charge is -2.11. The van der Waals surface area contributed by atoms with Crippen molar-refractivity contribution in [3.63, 3.8) is 0 Å². The van der Waals surface area contributed by atoms with E-state index >= 15 is 0 Å². The minimum atomic E-state index is -0.318. The fraction of sp³-hybridized carbons (Fsp3) is 0. The van der Waals surface area contributed by atoms with Crippen molar-refractivity contribution in [1.82, 2.24) is 19.5 Å². The Labute approximate surface area is 298 Å². The predicted octanol–water partition coefficient (Wildman–Crippen LogP) is 12.0. The predicted molar refractivity (Wildman–Crippen MR) is 209 cm³/mol. The second-order valence-corrected chi connectivity index (χ2v) is 13.3. The van der Waals surface area contributed by atoms with Crippen LogP contribution in [0.15, 0.2) is 170 Å². The van der Waals surface area contributed by atoms with Gasteiger partial charge in [0.05, 0.1) is 16.5 Å². The van der Waals surface area contributed by atoms with Crippen LogP contribution in [0.5, 0.6) is 0 Å². The first-order valence-corrected chi connectivity index (χ1v) is 17.2. The zero-order valence-electron chi connectivity index (χ0n) is 30.6. The minimum Gasteiger partial charge on any atom is -0.278 e. The molecule has 0 aliphatic rings. The van der Waals surface area contributed by atoms with E-state index in [0.29, 0.717) is 33.5 Å². The van der Waals surface area contributed by atoms with Crippen LogP contribution in [0.2, 0.25) is 0 Å². The molecule has 5 heteroatoms. The van der Waals surface area contributed by atoms with Crippen molar-refractivity contribution < 1.29 is 5.48 Å². The standard InChI is InChI=1S/C45H28N4S/c1-3-11-29(12-4-1)30-19-21-31(22-20-30)33-24-26-40-38(27-33)35-15-7-9-17-39(35)49(40)45-47-43(32-13-5-2-6-14-32)46-44(48-45)34-23-25-37-36-16-8-10-18-41(36)50-42(37)28-34/h1-28H/i7D,9D,15D,17D. The number of hydrogen-bond donors (Lipinski definition) is 0. The van der Waals surface area contributed by atoms with E-state index in [1.807, 2.05) is 78.9 Å². The molecule has 3 heterocycles. The first-order valence-electron chi connectivity index (χ1n) is 18.4. The molecule has 0 spiro atoms. The molecule has 0 unspecified atom stereocenters. The number of aromatic nitrogens is 4. The number of rotatable bonds is 5. The SMILES string of the molecule is [2H]c1c([2H])c([2H])c2c(c1[2H])c1cc(-c3ccc(-c4ccccc4)cc3)ccc1n2-c1nc(-c2ccccc2)nc(-c2ccc3c(c2)sc2ccccc23)n1. The zero-order chi connectivity index (χ0) is 36.5. The maximum Gasteiger partial charge on any atom is 0.238 e. The van der Waals surface area contributed by atoms with Crippen LogP contribution in [0.25, 0.3) is 93.0 Å². The van der Waals surface area contributed by atoms with Crippen LogP contribution >= 0.6 is 11.3 Å². The Morgan fingerprint density at radius 1 is 0.420 bits per heavy atom. The molecular formula is C45H28N4S. The number of benzene rings is 7. The van der Waals surface area contributed by atoms with Gasteiger partial charge in [-0.1, -0.05) is 139 Å². The summed E-state index contributed by atoms with van der Waals surface area (Å²) in [6, 6.07) is 48.0. The summed E-state index contributed by atoms with van der Waals surface area (Å²) in [6.45, 7) is 0. The van der Waals surface area contributed by atoms with Gasteiger partial charge in [0.15, 0.2) is 11.6 Å². The van der Waals surface area contributed by atoms with Crippen molar-refractivity contribution in [1.29, 1.82) is 0 Å². The van der Waals surface area contributed by atoms with Gasteiger partial charge in [-0.25, -0.2) is 4.98 Å². The summed E-state index contributed by atoms with van der Waals surface area (Å²) >= 11 is 1.72. The van der Waals surface area contributed by atoms with Crippen molar-refractivity contribution in [3.8, 4) is 51.0 Å². The molecule has 0 radical (unpaired) electrons. The summed E-state index contributed by atoms with van der Waals surface area (Å²) in [4.78, 5) is 15.0. The number of thiophene rings is 1. The summed E-state index contributed by atoms with van der Waals surface area (Å²) in [7, 11) is 0. The molecule has 10 rings (SSSR count). The Balaban J connectivity index is 1.21. The highest BCUT2D eigenvalue weighted by Crippen LogP contribution is 2.38. The van der Waals surface area contributed by atoms with E-state index in [1.54, 1.807) is 15.9 Å². The molecular weight excluding hydrogens is 629 g/mol. The quantitative estimate of drug-likeness (QED) is 0.184. The monoisotopic (exact) mass is 660 g/mol. The summed E-state index contributed by atoms with van der Waals surface area (Å²) in [5, 5.41) is 3.46. The van der Waals surface area contributed by atoms with E-state index in [4.69, 9.17) is 20.4 Å². The lowest BCUT2D eigenvalue weighted by atomic mass is 9.99. The van der Waals surface area contributed by atoms with Gasteiger partial charge in [-0.2, -0.15) is 9.97 Å². The largest absolute Gasteiger partial charge is 0.278 e. The first-order chi connectivity index (χ1) is 26.4. The molecule has 0 fully saturated rings. The molecule has 0 atom stereocenters. The molecule has 0 saturated heterocycles. The molecule has 0 saturated carbocycles. The van der Waals surface area contributed by atoms with Gasteiger partial charge in [0.2, 0.25) is 5.95 Å². The smallest absolute Gasteiger partial charge is 0.238 e. The summed E-state index contributed by atoms with van der Waals surface area (Å²) < 4.78 is 39.7. The van der Waals surface area contributed by atoms with Crippen molar-refractivity contribution in [2.45, 2.75) is 0 Å².